The summed E-state index contributed by atoms with van der Waals surface area (Å²) >= 11 is 12.0. The summed E-state index contributed by atoms with van der Waals surface area (Å²) in [5.41, 5.74) is 2.94. The van der Waals surface area contributed by atoms with Gasteiger partial charge >= 0.3 is 6.03 Å². The van der Waals surface area contributed by atoms with Crippen molar-refractivity contribution < 1.29 is 9.59 Å². The van der Waals surface area contributed by atoms with Crippen LogP contribution in [0.5, 0.6) is 0 Å². The highest BCUT2D eigenvalue weighted by Crippen LogP contribution is 2.21. The number of rotatable bonds is 7. The van der Waals surface area contributed by atoms with Gasteiger partial charge in [-0.25, -0.2) is 4.79 Å². The summed E-state index contributed by atoms with van der Waals surface area (Å²) in [6.45, 7) is 2.79. The Morgan fingerprint density at radius 1 is 0.935 bits per heavy atom. The zero-order valence-corrected chi connectivity index (χ0v) is 18.6. The lowest BCUT2D eigenvalue weighted by molar-refractivity contribution is 0.0953. The first kappa shape index (κ1) is 22.7. The molecule has 0 heterocycles. The van der Waals surface area contributed by atoms with Gasteiger partial charge in [0.1, 0.15) is 0 Å². The maximum Gasteiger partial charge on any atom is 0.326 e. The van der Waals surface area contributed by atoms with Crippen molar-refractivity contribution in [2.75, 3.05) is 23.3 Å². The van der Waals surface area contributed by atoms with Crippen molar-refractivity contribution in [1.82, 2.24) is 5.32 Å². The van der Waals surface area contributed by atoms with Crippen LogP contribution in [0, 0.1) is 6.92 Å². The molecule has 0 aliphatic heterocycles. The van der Waals surface area contributed by atoms with Gasteiger partial charge in [0.2, 0.25) is 0 Å². The molecule has 0 saturated heterocycles. The predicted octanol–water partition coefficient (Wildman–Crippen LogP) is 6.16. The van der Waals surface area contributed by atoms with E-state index in [1.54, 1.807) is 17.0 Å². The summed E-state index contributed by atoms with van der Waals surface area (Å²) in [5, 5.41) is 6.55. The number of carbonyl (C=O) groups excluding carboxylic acids is 2. The lowest BCUT2D eigenvalue weighted by atomic mass is 10.2. The van der Waals surface area contributed by atoms with E-state index in [1.165, 1.54) is 6.07 Å². The molecule has 3 amide bonds. The van der Waals surface area contributed by atoms with Crippen molar-refractivity contribution in [2.45, 2.75) is 13.3 Å². The second-order valence-corrected chi connectivity index (χ2v) is 7.86. The van der Waals surface area contributed by atoms with E-state index in [0.717, 1.165) is 16.9 Å². The SMILES string of the molecule is Cc1cccc(NC(=O)N(CCCNC(=O)c2ccc(Cl)cc2Cl)c2ccccc2)c1. The summed E-state index contributed by atoms with van der Waals surface area (Å²) in [4.78, 5) is 27.0. The largest absolute Gasteiger partial charge is 0.352 e. The first-order valence-corrected chi connectivity index (χ1v) is 10.6. The van der Waals surface area contributed by atoms with Crippen LogP contribution < -0.4 is 15.5 Å². The molecule has 2 N–H and O–H groups in total. The van der Waals surface area contributed by atoms with Crippen molar-refractivity contribution in [3.05, 3.63) is 94.0 Å². The zero-order chi connectivity index (χ0) is 22.2. The Bertz CT molecular complexity index is 1060. The van der Waals surface area contributed by atoms with Crippen LogP contribution in [-0.2, 0) is 0 Å². The monoisotopic (exact) mass is 455 g/mol. The zero-order valence-electron chi connectivity index (χ0n) is 17.1. The highest BCUT2D eigenvalue weighted by molar-refractivity contribution is 6.36. The minimum absolute atomic E-state index is 0.233. The third kappa shape index (κ3) is 6.48. The van der Waals surface area contributed by atoms with Crippen LogP contribution in [0.1, 0.15) is 22.3 Å². The second-order valence-electron chi connectivity index (χ2n) is 7.02. The number of hydrogen-bond donors (Lipinski definition) is 2. The number of benzene rings is 3. The molecule has 0 aromatic heterocycles. The summed E-state index contributed by atoms with van der Waals surface area (Å²) in [7, 11) is 0. The Labute approximate surface area is 192 Å². The third-order valence-electron chi connectivity index (χ3n) is 4.60. The van der Waals surface area contributed by atoms with E-state index in [9.17, 15) is 9.59 Å². The molecule has 0 atom stereocenters. The van der Waals surface area contributed by atoms with Crippen molar-refractivity contribution in [1.29, 1.82) is 0 Å². The number of carbonyl (C=O) groups is 2. The summed E-state index contributed by atoms with van der Waals surface area (Å²) in [5.74, 6) is -0.280. The highest BCUT2D eigenvalue weighted by Gasteiger charge is 2.16. The third-order valence-corrected chi connectivity index (χ3v) is 5.15. The van der Waals surface area contributed by atoms with Crippen LogP contribution in [0.2, 0.25) is 10.0 Å². The quantitative estimate of drug-likeness (QED) is 0.419. The number of aryl methyl sites for hydroxylation is 1. The molecule has 3 aromatic rings. The Kier molecular flexibility index (Phi) is 7.93. The number of halogens is 2. The Balaban J connectivity index is 1.61. The van der Waals surface area contributed by atoms with E-state index in [1.807, 2.05) is 61.5 Å². The summed E-state index contributed by atoms with van der Waals surface area (Å²) < 4.78 is 0. The molecule has 0 bridgehead atoms. The fourth-order valence-corrected chi connectivity index (χ4v) is 3.57. The standard InChI is InChI=1S/C24H23Cl2N3O2/c1-17-7-5-8-19(15-17)28-24(31)29(20-9-3-2-4-10-20)14-6-13-27-23(30)21-12-11-18(25)16-22(21)26/h2-5,7-12,15-16H,6,13-14H2,1H3,(H,27,30)(H,28,31). The van der Waals surface area contributed by atoms with Gasteiger partial charge in [0.25, 0.3) is 5.91 Å². The van der Waals surface area contributed by atoms with E-state index in [2.05, 4.69) is 10.6 Å². The van der Waals surface area contributed by atoms with E-state index in [-0.39, 0.29) is 11.9 Å². The van der Waals surface area contributed by atoms with Crippen LogP contribution in [0.25, 0.3) is 0 Å². The van der Waals surface area contributed by atoms with Gasteiger partial charge in [-0.2, -0.15) is 0 Å². The normalized spacial score (nSPS) is 10.4. The molecule has 7 heteroatoms. The lowest BCUT2D eigenvalue weighted by Crippen LogP contribution is -2.37. The maximum atomic E-state index is 12.9. The number of para-hydroxylation sites is 1. The molecule has 0 spiro atoms. The molecule has 3 rings (SSSR count). The van der Waals surface area contributed by atoms with Gasteiger partial charge in [0, 0.05) is 29.5 Å². The second kappa shape index (κ2) is 10.8. The molecule has 0 radical (unpaired) electrons. The van der Waals surface area contributed by atoms with Crippen molar-refractivity contribution in [2.24, 2.45) is 0 Å². The van der Waals surface area contributed by atoms with Crippen LogP contribution in [0.3, 0.4) is 0 Å². The van der Waals surface area contributed by atoms with Gasteiger partial charge in [-0.1, -0.05) is 53.5 Å². The fourth-order valence-electron chi connectivity index (χ4n) is 3.08. The van der Waals surface area contributed by atoms with Crippen molar-refractivity contribution >= 4 is 46.5 Å². The van der Waals surface area contributed by atoms with E-state index in [4.69, 9.17) is 23.2 Å². The molecular formula is C24H23Cl2N3O2. The summed E-state index contributed by atoms with van der Waals surface area (Å²) in [6.07, 6.45) is 0.563. The van der Waals surface area contributed by atoms with Gasteiger partial charge in [0.05, 0.1) is 10.6 Å². The molecule has 5 nitrogen and oxygen atoms in total. The number of anilines is 2. The number of nitrogens with one attached hydrogen (secondary N) is 2. The van der Waals surface area contributed by atoms with Crippen LogP contribution in [0.4, 0.5) is 16.2 Å². The number of hydrogen-bond acceptors (Lipinski definition) is 2. The molecule has 31 heavy (non-hydrogen) atoms. The predicted molar refractivity (Wildman–Crippen MR) is 127 cm³/mol. The van der Waals surface area contributed by atoms with Gasteiger partial charge in [-0.05, 0) is 61.4 Å². The van der Waals surface area contributed by atoms with E-state index in [0.29, 0.717) is 35.1 Å². The number of amides is 3. The molecule has 0 fully saturated rings. The van der Waals surface area contributed by atoms with Gasteiger partial charge in [-0.3, -0.25) is 9.69 Å². The average Bonchev–Trinajstić information content (AvgIpc) is 2.74. The maximum absolute atomic E-state index is 12.9. The molecule has 0 unspecified atom stereocenters. The molecule has 3 aromatic carbocycles. The van der Waals surface area contributed by atoms with Crippen molar-refractivity contribution in [3.63, 3.8) is 0 Å². The molecule has 0 aliphatic rings. The smallest absolute Gasteiger partial charge is 0.326 e. The van der Waals surface area contributed by atoms with Gasteiger partial charge < -0.3 is 10.6 Å². The lowest BCUT2D eigenvalue weighted by Gasteiger charge is -2.23. The van der Waals surface area contributed by atoms with Crippen molar-refractivity contribution in [3.8, 4) is 0 Å². The Morgan fingerprint density at radius 2 is 1.71 bits per heavy atom. The first-order valence-electron chi connectivity index (χ1n) is 9.87. The Hall–Kier alpha value is -3.02. The van der Waals surface area contributed by atoms with E-state index < -0.39 is 0 Å². The average molecular weight is 456 g/mol. The fraction of sp³-hybridized carbons (Fsp3) is 0.167. The van der Waals surface area contributed by atoms with Crippen LogP contribution in [0.15, 0.2) is 72.8 Å². The number of nitrogens with zero attached hydrogens (tertiary/aromatic N) is 1. The highest BCUT2D eigenvalue weighted by atomic mass is 35.5. The topological polar surface area (TPSA) is 61.4 Å². The van der Waals surface area contributed by atoms with Gasteiger partial charge in [0.15, 0.2) is 0 Å². The molecule has 160 valence electrons. The van der Waals surface area contributed by atoms with Crippen LogP contribution >= 0.6 is 23.2 Å². The van der Waals surface area contributed by atoms with Gasteiger partial charge in [-0.15, -0.1) is 0 Å². The first-order chi connectivity index (χ1) is 14.9. The summed E-state index contributed by atoms with van der Waals surface area (Å²) in [6, 6.07) is 21.6. The number of urea groups is 1. The molecular weight excluding hydrogens is 433 g/mol. The molecule has 0 saturated carbocycles. The van der Waals surface area contributed by atoms with E-state index >= 15 is 0 Å². The minimum atomic E-state index is -0.280. The van der Waals surface area contributed by atoms with Crippen LogP contribution in [-0.4, -0.2) is 25.0 Å². The Morgan fingerprint density at radius 3 is 2.42 bits per heavy atom. The molecule has 0 aliphatic carbocycles. The minimum Gasteiger partial charge on any atom is -0.352 e.